The van der Waals surface area contributed by atoms with Gasteiger partial charge < -0.3 is 14.0 Å². The van der Waals surface area contributed by atoms with E-state index in [1.807, 2.05) is 18.2 Å². The van der Waals surface area contributed by atoms with Crippen LogP contribution in [0.2, 0.25) is 5.02 Å². The fourth-order valence-electron chi connectivity index (χ4n) is 7.23. The molecule has 2 aromatic carbocycles. The van der Waals surface area contributed by atoms with Crippen LogP contribution < -0.4 is 5.56 Å². The van der Waals surface area contributed by atoms with Crippen LogP contribution in [0.3, 0.4) is 0 Å². The Kier molecular flexibility index (Phi) is 9.12. The van der Waals surface area contributed by atoms with Crippen molar-refractivity contribution >= 4 is 29.1 Å². The van der Waals surface area contributed by atoms with Crippen molar-refractivity contribution in [1.82, 2.24) is 4.57 Å². The highest BCUT2D eigenvalue weighted by molar-refractivity contribution is 6.31. The first-order chi connectivity index (χ1) is 21.7. The number of benzene rings is 2. The Morgan fingerprint density at radius 1 is 0.956 bits per heavy atom. The van der Waals surface area contributed by atoms with E-state index in [1.165, 1.54) is 10.6 Å². The largest absolute Gasteiger partial charge is 0.462 e. The summed E-state index contributed by atoms with van der Waals surface area (Å²) in [6.45, 7) is 2.04. The summed E-state index contributed by atoms with van der Waals surface area (Å²) in [5.74, 6) is -0.262. The molecule has 7 nitrogen and oxygen atoms in total. The molecule has 0 bridgehead atoms. The molecule has 1 aromatic heterocycles. The number of carbonyl (C=O) groups excluding carboxylic acids is 3. The first-order valence-electron chi connectivity index (χ1n) is 16.1. The van der Waals surface area contributed by atoms with Crippen molar-refractivity contribution < 1.29 is 23.9 Å². The average molecular weight is 630 g/mol. The summed E-state index contributed by atoms with van der Waals surface area (Å²) in [5, 5.41) is 0.551. The molecule has 45 heavy (non-hydrogen) atoms. The van der Waals surface area contributed by atoms with Gasteiger partial charge in [0.25, 0.3) is 5.56 Å². The normalized spacial score (nSPS) is 20.8. The molecule has 2 saturated carbocycles. The third-order valence-electron chi connectivity index (χ3n) is 10.0. The summed E-state index contributed by atoms with van der Waals surface area (Å²) in [6, 6.07) is 13.4. The highest BCUT2D eigenvalue weighted by Crippen LogP contribution is 2.54. The van der Waals surface area contributed by atoms with Crippen LogP contribution in [0.4, 0.5) is 0 Å². The molecule has 1 spiro atoms. The molecule has 0 radical (unpaired) electrons. The van der Waals surface area contributed by atoms with E-state index in [4.69, 9.17) is 21.1 Å². The highest BCUT2D eigenvalue weighted by atomic mass is 35.5. The number of pyridine rings is 1. The molecule has 2 fully saturated rings. The van der Waals surface area contributed by atoms with E-state index in [2.05, 4.69) is 0 Å². The van der Waals surface area contributed by atoms with E-state index < -0.39 is 12.0 Å². The Balaban J connectivity index is 1.37. The number of fused-ring (bicyclic) bond motifs is 3. The molecule has 1 heterocycles. The van der Waals surface area contributed by atoms with Crippen molar-refractivity contribution in [1.29, 1.82) is 0 Å². The number of hydrogen-bond donors (Lipinski definition) is 0. The Morgan fingerprint density at radius 2 is 1.69 bits per heavy atom. The number of aromatic nitrogens is 1. The SMILES string of the molecule is CCOC(=O)c1ccc(CC(=O)C(CC2CCC(OC)CC2)n2cc3c(cc2=O)-c2cc(Cl)ccc2CC2(CC2)CC3=O)cc1. The fraction of sp³-hybridized carbons (Fsp3) is 0.459. The van der Waals surface area contributed by atoms with Gasteiger partial charge in [0.2, 0.25) is 0 Å². The van der Waals surface area contributed by atoms with Gasteiger partial charge in [0.05, 0.1) is 24.3 Å². The number of nitrogens with zero attached hydrogens (tertiary/aromatic N) is 1. The first-order valence-corrected chi connectivity index (χ1v) is 16.5. The number of Topliss-reactive ketones (excluding diaryl/α,β-unsaturated/α-hetero) is 2. The van der Waals surface area contributed by atoms with Gasteiger partial charge in [-0.3, -0.25) is 14.4 Å². The number of halogens is 1. The zero-order valence-corrected chi connectivity index (χ0v) is 26.7. The quantitative estimate of drug-likeness (QED) is 0.232. The van der Waals surface area contributed by atoms with Gasteiger partial charge in [-0.1, -0.05) is 29.8 Å². The van der Waals surface area contributed by atoms with Crippen molar-refractivity contribution in [2.45, 2.75) is 83.3 Å². The van der Waals surface area contributed by atoms with Crippen molar-refractivity contribution in [3.8, 4) is 11.1 Å². The minimum Gasteiger partial charge on any atom is -0.462 e. The van der Waals surface area contributed by atoms with Gasteiger partial charge in [0.1, 0.15) is 0 Å². The molecular formula is C37H40ClNO6. The predicted molar refractivity (Wildman–Crippen MR) is 173 cm³/mol. The summed E-state index contributed by atoms with van der Waals surface area (Å²) in [5.41, 5.74) is 3.79. The summed E-state index contributed by atoms with van der Waals surface area (Å²) in [4.78, 5) is 54.1. The van der Waals surface area contributed by atoms with Gasteiger partial charge in [-0.25, -0.2) is 4.79 Å². The predicted octanol–water partition coefficient (Wildman–Crippen LogP) is 7.20. The zero-order chi connectivity index (χ0) is 31.7. The van der Waals surface area contributed by atoms with Crippen LogP contribution in [-0.2, 0) is 27.1 Å². The maximum absolute atomic E-state index is 14.1. The van der Waals surface area contributed by atoms with Gasteiger partial charge >= 0.3 is 5.97 Å². The zero-order valence-electron chi connectivity index (χ0n) is 26.0. The molecule has 3 aliphatic carbocycles. The number of carbonyl (C=O) groups is 3. The van der Waals surface area contributed by atoms with Crippen molar-refractivity contribution in [3.05, 3.63) is 92.4 Å². The van der Waals surface area contributed by atoms with E-state index in [9.17, 15) is 19.2 Å². The molecule has 0 saturated heterocycles. The second-order valence-electron chi connectivity index (χ2n) is 13.1. The number of esters is 1. The second-order valence-corrected chi connectivity index (χ2v) is 13.6. The lowest BCUT2D eigenvalue weighted by atomic mass is 9.80. The van der Waals surface area contributed by atoms with Crippen LogP contribution in [0.1, 0.15) is 96.2 Å². The summed E-state index contributed by atoms with van der Waals surface area (Å²) >= 11 is 6.42. The van der Waals surface area contributed by atoms with Crippen LogP contribution in [0.25, 0.3) is 11.1 Å². The maximum Gasteiger partial charge on any atom is 0.338 e. The Labute approximate surface area is 268 Å². The standard InChI is InChI=1S/C37H40ClNO6/c1-3-45-36(43)25-8-4-24(5-9-25)17-33(40)32(16-23-6-12-28(44-2)13-7-23)39-22-31-30(19-35(39)42)29-18-27(38)11-10-26(29)20-37(14-15-37)21-34(31)41/h4-5,8-11,18-19,22-23,28,32H,3,6-7,12-17,20-21H2,1-2H3. The smallest absolute Gasteiger partial charge is 0.338 e. The van der Waals surface area contributed by atoms with Gasteiger partial charge in [-0.15, -0.1) is 0 Å². The lowest BCUT2D eigenvalue weighted by molar-refractivity contribution is -0.122. The number of ketones is 2. The number of hydrogen-bond acceptors (Lipinski definition) is 6. The van der Waals surface area contributed by atoms with Crippen LogP contribution in [-0.4, -0.2) is 41.9 Å². The van der Waals surface area contributed by atoms with Crippen LogP contribution >= 0.6 is 11.6 Å². The number of ether oxygens (including phenoxy) is 2. The van der Waals surface area contributed by atoms with Gasteiger partial charge in [-0.05, 0) is 116 Å². The maximum atomic E-state index is 14.1. The van der Waals surface area contributed by atoms with Crippen LogP contribution in [0.5, 0.6) is 0 Å². The third-order valence-corrected chi connectivity index (χ3v) is 10.3. The van der Waals surface area contributed by atoms with Crippen molar-refractivity contribution in [2.24, 2.45) is 11.3 Å². The van der Waals surface area contributed by atoms with Crippen molar-refractivity contribution in [3.63, 3.8) is 0 Å². The molecular weight excluding hydrogens is 590 g/mol. The lowest BCUT2D eigenvalue weighted by Crippen LogP contribution is -2.34. The van der Waals surface area contributed by atoms with E-state index in [0.29, 0.717) is 34.6 Å². The number of methoxy groups -OCH3 is 1. The molecule has 8 heteroatoms. The molecule has 3 aliphatic rings. The topological polar surface area (TPSA) is 91.7 Å². The molecule has 0 aliphatic heterocycles. The Bertz CT molecular complexity index is 1660. The molecule has 236 valence electrons. The number of rotatable bonds is 9. The van der Waals surface area contributed by atoms with Crippen molar-refractivity contribution in [2.75, 3.05) is 13.7 Å². The molecule has 1 unspecified atom stereocenters. The Hall–Kier alpha value is -3.55. The first kappa shape index (κ1) is 31.4. The average Bonchev–Trinajstić information content (AvgIpc) is 3.79. The molecule has 6 rings (SSSR count). The molecule has 0 N–H and O–H groups in total. The van der Waals surface area contributed by atoms with E-state index in [1.54, 1.807) is 44.5 Å². The monoisotopic (exact) mass is 629 g/mol. The van der Waals surface area contributed by atoms with E-state index in [-0.39, 0.29) is 47.6 Å². The van der Waals surface area contributed by atoms with E-state index in [0.717, 1.165) is 61.6 Å². The molecule has 1 atom stereocenters. The van der Waals surface area contributed by atoms with Gasteiger partial charge in [0, 0.05) is 42.8 Å². The van der Waals surface area contributed by atoms with Gasteiger partial charge in [0.15, 0.2) is 11.6 Å². The Morgan fingerprint density at radius 3 is 2.36 bits per heavy atom. The highest BCUT2D eigenvalue weighted by Gasteiger charge is 2.46. The summed E-state index contributed by atoms with van der Waals surface area (Å²) in [7, 11) is 1.73. The summed E-state index contributed by atoms with van der Waals surface area (Å²) < 4.78 is 12.2. The van der Waals surface area contributed by atoms with Crippen LogP contribution in [0, 0.1) is 11.3 Å². The van der Waals surface area contributed by atoms with E-state index >= 15 is 0 Å². The third kappa shape index (κ3) is 6.85. The summed E-state index contributed by atoms with van der Waals surface area (Å²) in [6.07, 6.45) is 9.31. The lowest BCUT2D eigenvalue weighted by Gasteiger charge is -2.31. The second kappa shape index (κ2) is 13.1. The molecule has 3 aromatic rings. The van der Waals surface area contributed by atoms with Crippen LogP contribution in [0.15, 0.2) is 59.5 Å². The van der Waals surface area contributed by atoms with Gasteiger partial charge in [-0.2, -0.15) is 0 Å². The fourth-order valence-corrected chi connectivity index (χ4v) is 7.41. The molecule has 0 amide bonds. The minimum atomic E-state index is -0.733. The minimum absolute atomic E-state index is 0.00299.